The van der Waals surface area contributed by atoms with Crippen molar-refractivity contribution in [3.8, 4) is 28.9 Å². The van der Waals surface area contributed by atoms with Gasteiger partial charge in [0.25, 0.3) is 17.3 Å². The van der Waals surface area contributed by atoms with Gasteiger partial charge >= 0.3 is 12.4 Å². The molecule has 2 aromatic carbocycles. The number of oxazole rings is 2. The average molecular weight is 582 g/mol. The Morgan fingerprint density at radius 3 is 2.29 bits per heavy atom. The van der Waals surface area contributed by atoms with Crippen LogP contribution in [0.1, 0.15) is 24.0 Å². The van der Waals surface area contributed by atoms with E-state index in [-0.39, 0.29) is 63.9 Å². The molecule has 4 aromatic heterocycles. The molecule has 1 fully saturated rings. The van der Waals surface area contributed by atoms with E-state index in [1.54, 1.807) is 18.2 Å². The van der Waals surface area contributed by atoms with Gasteiger partial charge in [-0.2, -0.15) is 31.3 Å². The standard InChI is InChI=1S/C29H16F6N4O3/c30-28(31,32)17-5-3-16(4-6-17)22-23(39-13-9-15-2-1-12-36-21(15)26(39)40)38-25(42-22)24-37-19-14-18(7-8-20(19)41-24)27(10-11-27)29(33,34)35/h1-9,12-14H,10-11H2. The predicted molar refractivity (Wildman–Crippen MR) is 138 cm³/mol. The number of halogens is 6. The minimum atomic E-state index is -4.57. The van der Waals surface area contributed by atoms with Crippen LogP contribution >= 0.6 is 0 Å². The van der Waals surface area contributed by atoms with Gasteiger partial charge in [-0.3, -0.25) is 14.3 Å². The number of hydrogen-bond donors (Lipinski definition) is 0. The van der Waals surface area contributed by atoms with Crippen LogP contribution in [-0.4, -0.2) is 25.7 Å². The Labute approximate surface area is 231 Å². The first kappa shape index (κ1) is 26.0. The van der Waals surface area contributed by atoms with Gasteiger partial charge < -0.3 is 8.83 Å². The van der Waals surface area contributed by atoms with Crippen molar-refractivity contribution in [1.82, 2.24) is 19.5 Å². The van der Waals surface area contributed by atoms with Crippen LogP contribution in [0.4, 0.5) is 26.3 Å². The Morgan fingerprint density at radius 2 is 1.60 bits per heavy atom. The zero-order valence-electron chi connectivity index (χ0n) is 21.1. The lowest BCUT2D eigenvalue weighted by atomic mass is 9.95. The lowest BCUT2D eigenvalue weighted by molar-refractivity contribution is -0.160. The van der Waals surface area contributed by atoms with Crippen LogP contribution in [0.2, 0.25) is 0 Å². The molecule has 0 saturated heterocycles. The van der Waals surface area contributed by atoms with Crippen LogP contribution in [0.25, 0.3) is 50.9 Å². The maximum atomic E-state index is 13.7. The van der Waals surface area contributed by atoms with Crippen molar-refractivity contribution in [3.63, 3.8) is 0 Å². The molecule has 1 aliphatic carbocycles. The van der Waals surface area contributed by atoms with Crippen molar-refractivity contribution in [2.75, 3.05) is 0 Å². The van der Waals surface area contributed by atoms with Crippen molar-refractivity contribution in [3.05, 3.63) is 94.5 Å². The summed E-state index contributed by atoms with van der Waals surface area (Å²) in [5.74, 6) is -0.555. The van der Waals surface area contributed by atoms with E-state index in [0.29, 0.717) is 5.39 Å². The summed E-state index contributed by atoms with van der Waals surface area (Å²) in [6.45, 7) is 0. The number of fused-ring (bicyclic) bond motifs is 2. The van der Waals surface area contributed by atoms with Gasteiger partial charge in [-0.05, 0) is 54.8 Å². The minimum Gasteiger partial charge on any atom is -0.432 e. The zero-order chi connectivity index (χ0) is 29.4. The molecule has 13 heteroatoms. The highest BCUT2D eigenvalue weighted by molar-refractivity contribution is 5.79. The molecule has 1 aliphatic rings. The molecule has 7 nitrogen and oxygen atoms in total. The fourth-order valence-corrected chi connectivity index (χ4v) is 4.98. The molecule has 4 heterocycles. The van der Waals surface area contributed by atoms with Gasteiger partial charge in [0.05, 0.1) is 11.0 Å². The minimum absolute atomic E-state index is 0.0261. The summed E-state index contributed by atoms with van der Waals surface area (Å²) in [4.78, 5) is 26.1. The molecule has 0 amide bonds. The maximum absolute atomic E-state index is 13.7. The summed E-state index contributed by atoms with van der Waals surface area (Å²) < 4.78 is 93.4. The van der Waals surface area contributed by atoms with Gasteiger partial charge in [-0.1, -0.05) is 24.3 Å². The molecule has 0 bridgehead atoms. The number of hydrogen-bond acceptors (Lipinski definition) is 6. The van der Waals surface area contributed by atoms with E-state index in [1.807, 2.05) is 0 Å². The Balaban J connectivity index is 1.38. The highest BCUT2D eigenvalue weighted by Crippen LogP contribution is 2.59. The van der Waals surface area contributed by atoms with Gasteiger partial charge in [0, 0.05) is 23.3 Å². The number of nitrogens with zero attached hydrogens (tertiary/aromatic N) is 4. The van der Waals surface area contributed by atoms with E-state index >= 15 is 0 Å². The van der Waals surface area contributed by atoms with E-state index < -0.39 is 28.9 Å². The normalized spacial score (nSPS) is 15.0. The van der Waals surface area contributed by atoms with Crippen molar-refractivity contribution in [2.24, 2.45) is 0 Å². The molecule has 0 spiro atoms. The summed E-state index contributed by atoms with van der Waals surface area (Å²) in [7, 11) is 0. The molecule has 6 aromatic rings. The number of alkyl halides is 6. The summed E-state index contributed by atoms with van der Waals surface area (Å²) in [6, 6.07) is 13.1. The number of benzene rings is 2. The van der Waals surface area contributed by atoms with Crippen molar-refractivity contribution < 1.29 is 35.2 Å². The number of aromatic nitrogens is 4. The van der Waals surface area contributed by atoms with Crippen LogP contribution in [0, 0.1) is 0 Å². The van der Waals surface area contributed by atoms with E-state index in [0.717, 1.165) is 16.7 Å². The second-order valence-electron chi connectivity index (χ2n) is 9.96. The van der Waals surface area contributed by atoms with Gasteiger partial charge in [0.1, 0.15) is 11.0 Å². The molecule has 0 unspecified atom stereocenters. The van der Waals surface area contributed by atoms with Gasteiger partial charge in [0.15, 0.2) is 17.2 Å². The molecule has 0 aliphatic heterocycles. The molecular weight excluding hydrogens is 566 g/mol. The Bertz CT molecular complexity index is 2050. The highest BCUT2D eigenvalue weighted by Gasteiger charge is 2.64. The lowest BCUT2D eigenvalue weighted by Gasteiger charge is -2.19. The molecular formula is C29H16F6N4O3. The van der Waals surface area contributed by atoms with Crippen LogP contribution in [-0.2, 0) is 11.6 Å². The zero-order valence-corrected chi connectivity index (χ0v) is 21.1. The first-order valence-corrected chi connectivity index (χ1v) is 12.6. The first-order valence-electron chi connectivity index (χ1n) is 12.6. The smallest absolute Gasteiger partial charge is 0.416 e. The second-order valence-corrected chi connectivity index (χ2v) is 9.96. The largest absolute Gasteiger partial charge is 0.432 e. The van der Waals surface area contributed by atoms with Gasteiger partial charge in [0.2, 0.25) is 0 Å². The molecule has 7 rings (SSSR count). The van der Waals surface area contributed by atoms with E-state index in [2.05, 4.69) is 15.0 Å². The topological polar surface area (TPSA) is 87.0 Å². The third-order valence-electron chi connectivity index (χ3n) is 7.39. The molecule has 0 atom stereocenters. The Hall–Kier alpha value is -4.94. The van der Waals surface area contributed by atoms with Crippen LogP contribution in [0.5, 0.6) is 0 Å². The average Bonchev–Trinajstić information content (AvgIpc) is 3.50. The van der Waals surface area contributed by atoms with Crippen molar-refractivity contribution in [1.29, 1.82) is 0 Å². The first-order chi connectivity index (χ1) is 19.9. The number of pyridine rings is 2. The summed E-state index contributed by atoms with van der Waals surface area (Å²) in [5.41, 5.74) is -2.70. The summed E-state index contributed by atoms with van der Waals surface area (Å²) in [5, 5.41) is 0.556. The Morgan fingerprint density at radius 1 is 0.857 bits per heavy atom. The van der Waals surface area contributed by atoms with Gasteiger partial charge in [-0.15, -0.1) is 0 Å². The van der Waals surface area contributed by atoms with E-state index in [9.17, 15) is 31.1 Å². The van der Waals surface area contributed by atoms with E-state index in [4.69, 9.17) is 8.83 Å². The van der Waals surface area contributed by atoms with Crippen LogP contribution in [0.15, 0.2) is 86.7 Å². The lowest BCUT2D eigenvalue weighted by Crippen LogP contribution is -2.28. The van der Waals surface area contributed by atoms with Crippen LogP contribution < -0.4 is 5.56 Å². The Kier molecular flexibility index (Phi) is 5.43. The molecule has 42 heavy (non-hydrogen) atoms. The number of rotatable bonds is 4. The van der Waals surface area contributed by atoms with Crippen molar-refractivity contribution >= 4 is 22.0 Å². The summed E-state index contributed by atoms with van der Waals surface area (Å²) >= 11 is 0. The molecule has 212 valence electrons. The fourth-order valence-electron chi connectivity index (χ4n) is 4.98. The highest BCUT2D eigenvalue weighted by atomic mass is 19.4. The maximum Gasteiger partial charge on any atom is 0.416 e. The molecule has 0 N–H and O–H groups in total. The van der Waals surface area contributed by atoms with Gasteiger partial charge in [-0.25, -0.2) is 4.98 Å². The van der Waals surface area contributed by atoms with Crippen molar-refractivity contribution in [2.45, 2.75) is 30.6 Å². The third kappa shape index (κ3) is 4.06. The van der Waals surface area contributed by atoms with Crippen LogP contribution in [0.3, 0.4) is 0 Å². The monoisotopic (exact) mass is 582 g/mol. The fraction of sp³-hybridized carbons (Fsp3) is 0.172. The third-order valence-corrected chi connectivity index (χ3v) is 7.39. The quantitative estimate of drug-likeness (QED) is 0.201. The summed E-state index contributed by atoms with van der Waals surface area (Å²) in [6.07, 6.45) is -6.17. The molecule has 0 radical (unpaired) electrons. The van der Waals surface area contributed by atoms with E-state index in [1.165, 1.54) is 42.7 Å². The SMILES string of the molecule is O=c1c2ncccc2ccn1-c1nc(-c2nc3cc(C4(C(F)(F)F)CC4)ccc3o2)oc1-c1ccc(C(F)(F)F)cc1. The second kappa shape index (κ2) is 8.78. The molecule has 1 saturated carbocycles. The predicted octanol–water partition coefficient (Wildman–Crippen LogP) is 7.46.